The van der Waals surface area contributed by atoms with Gasteiger partial charge in [-0.2, -0.15) is 0 Å². The number of sulfonamides is 1. The molecule has 2 amide bonds. The molecule has 47 heavy (non-hydrogen) atoms. The van der Waals surface area contributed by atoms with E-state index >= 15 is 0 Å². The predicted octanol–water partition coefficient (Wildman–Crippen LogP) is 6.29. The first-order chi connectivity index (χ1) is 22.7. The molecule has 4 aromatic rings. The van der Waals surface area contributed by atoms with Crippen molar-refractivity contribution in [3.63, 3.8) is 0 Å². The molecule has 1 atom stereocenters. The number of hydrogen-bond acceptors (Lipinski definition) is 5. The average Bonchev–Trinajstić information content (AvgIpc) is 3.60. The van der Waals surface area contributed by atoms with Crippen molar-refractivity contribution in [2.24, 2.45) is 0 Å². The number of amides is 2. The molecule has 1 aliphatic rings. The SMILES string of the molecule is CCOc1ccc(N(CC(=O)N(Cc2ccc(C)cc2)[C@H](Cc2ccccc2)C(=O)NC2CCCC2)S(=O)(=O)c2ccccc2)cc1. The lowest BCUT2D eigenvalue weighted by atomic mass is 10.0. The average molecular weight is 654 g/mol. The van der Waals surface area contributed by atoms with Crippen molar-refractivity contribution in [2.45, 2.75) is 69.5 Å². The largest absolute Gasteiger partial charge is 0.494 e. The van der Waals surface area contributed by atoms with Crippen LogP contribution < -0.4 is 14.4 Å². The highest BCUT2D eigenvalue weighted by Gasteiger charge is 2.35. The topological polar surface area (TPSA) is 96.0 Å². The second kappa shape index (κ2) is 15.8. The van der Waals surface area contributed by atoms with Crippen LogP contribution in [0.5, 0.6) is 5.75 Å². The van der Waals surface area contributed by atoms with Gasteiger partial charge in [-0.05, 0) is 74.2 Å². The molecule has 1 N–H and O–H groups in total. The highest BCUT2D eigenvalue weighted by molar-refractivity contribution is 7.92. The minimum Gasteiger partial charge on any atom is -0.494 e. The molecule has 9 heteroatoms. The molecule has 8 nitrogen and oxygen atoms in total. The maximum Gasteiger partial charge on any atom is 0.264 e. The summed E-state index contributed by atoms with van der Waals surface area (Å²) in [5.41, 5.74) is 3.13. The lowest BCUT2D eigenvalue weighted by Crippen LogP contribution is -2.54. The smallest absolute Gasteiger partial charge is 0.264 e. The Morgan fingerprint density at radius 1 is 0.830 bits per heavy atom. The van der Waals surface area contributed by atoms with E-state index < -0.39 is 28.5 Å². The predicted molar refractivity (Wildman–Crippen MR) is 185 cm³/mol. The third kappa shape index (κ3) is 8.80. The summed E-state index contributed by atoms with van der Waals surface area (Å²) in [6, 6.07) is 31.3. The van der Waals surface area contributed by atoms with Crippen molar-refractivity contribution in [3.8, 4) is 5.75 Å². The fourth-order valence-corrected chi connectivity index (χ4v) is 7.37. The van der Waals surface area contributed by atoms with Crippen LogP contribution in [-0.4, -0.2) is 50.4 Å². The summed E-state index contributed by atoms with van der Waals surface area (Å²) >= 11 is 0. The van der Waals surface area contributed by atoms with Crippen molar-refractivity contribution in [2.75, 3.05) is 17.5 Å². The van der Waals surface area contributed by atoms with E-state index in [0.717, 1.165) is 46.7 Å². The van der Waals surface area contributed by atoms with Crippen LogP contribution in [0.3, 0.4) is 0 Å². The molecule has 1 saturated carbocycles. The van der Waals surface area contributed by atoms with E-state index in [1.54, 1.807) is 47.4 Å². The second-order valence-electron chi connectivity index (χ2n) is 12.0. The standard InChI is InChI=1S/C38H43N3O5S/c1-3-46-34-24-22-33(23-25-34)41(47(44,45)35-16-8-5-9-17-35)28-37(42)40(27-31-20-18-29(2)19-21-31)36(26-30-12-6-4-7-13-30)38(43)39-32-14-10-11-15-32/h4-9,12-13,16-25,32,36H,3,10-11,14-15,26-28H2,1-2H3,(H,39,43)/t36-/m1/s1. The van der Waals surface area contributed by atoms with Gasteiger partial charge in [0.05, 0.1) is 17.2 Å². The number of anilines is 1. The van der Waals surface area contributed by atoms with Crippen LogP contribution >= 0.6 is 0 Å². The minimum absolute atomic E-state index is 0.0518. The number of ether oxygens (including phenoxy) is 1. The van der Waals surface area contributed by atoms with Crippen molar-refractivity contribution in [1.82, 2.24) is 10.2 Å². The zero-order valence-corrected chi connectivity index (χ0v) is 27.9. The number of nitrogens with zero attached hydrogens (tertiary/aromatic N) is 2. The van der Waals surface area contributed by atoms with Gasteiger partial charge in [0.25, 0.3) is 10.0 Å². The Labute approximate surface area is 278 Å². The van der Waals surface area contributed by atoms with Crippen molar-refractivity contribution < 1.29 is 22.7 Å². The third-order valence-corrected chi connectivity index (χ3v) is 10.3. The van der Waals surface area contributed by atoms with E-state index in [2.05, 4.69) is 5.32 Å². The number of aryl methyl sites for hydroxylation is 1. The molecule has 1 aliphatic carbocycles. The molecular formula is C38H43N3O5S. The monoisotopic (exact) mass is 653 g/mol. The Hall–Kier alpha value is -4.63. The number of hydrogen-bond donors (Lipinski definition) is 1. The lowest BCUT2D eigenvalue weighted by molar-refractivity contribution is -0.140. The van der Waals surface area contributed by atoms with Gasteiger partial charge >= 0.3 is 0 Å². The van der Waals surface area contributed by atoms with E-state index in [0.29, 0.717) is 18.0 Å². The molecule has 246 valence electrons. The van der Waals surface area contributed by atoms with Gasteiger partial charge in [0.15, 0.2) is 0 Å². The van der Waals surface area contributed by atoms with Gasteiger partial charge in [0.1, 0.15) is 18.3 Å². The molecule has 0 spiro atoms. The van der Waals surface area contributed by atoms with Crippen molar-refractivity contribution >= 4 is 27.5 Å². The van der Waals surface area contributed by atoms with Gasteiger partial charge in [-0.25, -0.2) is 8.42 Å². The molecule has 0 saturated heterocycles. The fourth-order valence-electron chi connectivity index (χ4n) is 5.94. The summed E-state index contributed by atoms with van der Waals surface area (Å²) in [6.07, 6.45) is 4.18. The molecule has 0 heterocycles. The van der Waals surface area contributed by atoms with Crippen LogP contribution in [0, 0.1) is 6.92 Å². The van der Waals surface area contributed by atoms with Crippen LogP contribution in [0.4, 0.5) is 5.69 Å². The van der Waals surface area contributed by atoms with Crippen LogP contribution in [0.15, 0.2) is 114 Å². The molecule has 0 unspecified atom stereocenters. The molecule has 0 aliphatic heterocycles. The third-order valence-electron chi connectivity index (χ3n) is 8.49. The number of nitrogens with one attached hydrogen (secondary N) is 1. The number of carbonyl (C=O) groups excluding carboxylic acids is 2. The van der Waals surface area contributed by atoms with Gasteiger partial charge in [-0.15, -0.1) is 0 Å². The summed E-state index contributed by atoms with van der Waals surface area (Å²) in [4.78, 5) is 30.4. The van der Waals surface area contributed by atoms with Crippen molar-refractivity contribution in [3.05, 3.63) is 126 Å². The number of rotatable bonds is 14. The molecule has 0 aromatic heterocycles. The van der Waals surface area contributed by atoms with Gasteiger partial charge in [0, 0.05) is 19.0 Å². The maximum absolute atomic E-state index is 14.6. The first kappa shape index (κ1) is 33.7. The van der Waals surface area contributed by atoms with Gasteiger partial charge < -0.3 is 15.0 Å². The number of benzene rings is 4. The van der Waals surface area contributed by atoms with Crippen LogP contribution in [-0.2, 0) is 32.6 Å². The molecule has 1 fully saturated rings. The van der Waals surface area contributed by atoms with Gasteiger partial charge in [-0.3, -0.25) is 13.9 Å². The molecular weight excluding hydrogens is 611 g/mol. The maximum atomic E-state index is 14.6. The zero-order valence-electron chi connectivity index (χ0n) is 27.0. The van der Waals surface area contributed by atoms with Gasteiger partial charge in [0.2, 0.25) is 11.8 Å². The van der Waals surface area contributed by atoms with E-state index in [1.165, 1.54) is 12.1 Å². The highest BCUT2D eigenvalue weighted by Crippen LogP contribution is 2.27. The Bertz CT molecular complexity index is 1710. The summed E-state index contributed by atoms with van der Waals surface area (Å²) in [6.45, 7) is 3.96. The second-order valence-corrected chi connectivity index (χ2v) is 13.8. The fraction of sp³-hybridized carbons (Fsp3) is 0.316. The Kier molecular flexibility index (Phi) is 11.3. The van der Waals surface area contributed by atoms with E-state index in [9.17, 15) is 18.0 Å². The van der Waals surface area contributed by atoms with Crippen LogP contribution in [0.1, 0.15) is 49.3 Å². The Morgan fingerprint density at radius 3 is 2.06 bits per heavy atom. The lowest BCUT2D eigenvalue weighted by Gasteiger charge is -2.34. The molecule has 4 aromatic carbocycles. The van der Waals surface area contributed by atoms with E-state index in [4.69, 9.17) is 4.74 Å². The van der Waals surface area contributed by atoms with E-state index in [1.807, 2.05) is 68.4 Å². The summed E-state index contributed by atoms with van der Waals surface area (Å²) < 4.78 is 35.0. The summed E-state index contributed by atoms with van der Waals surface area (Å²) in [5.74, 6) is -0.131. The zero-order chi connectivity index (χ0) is 33.2. The van der Waals surface area contributed by atoms with E-state index in [-0.39, 0.29) is 29.8 Å². The summed E-state index contributed by atoms with van der Waals surface area (Å²) in [7, 11) is -4.17. The highest BCUT2D eigenvalue weighted by atomic mass is 32.2. The molecule has 0 radical (unpaired) electrons. The molecule has 0 bridgehead atoms. The van der Waals surface area contributed by atoms with Crippen LogP contribution in [0.2, 0.25) is 0 Å². The van der Waals surface area contributed by atoms with Crippen LogP contribution in [0.25, 0.3) is 0 Å². The Balaban J connectivity index is 1.55. The minimum atomic E-state index is -4.17. The first-order valence-electron chi connectivity index (χ1n) is 16.2. The first-order valence-corrected chi connectivity index (χ1v) is 17.7. The quantitative estimate of drug-likeness (QED) is 0.173. The van der Waals surface area contributed by atoms with Crippen molar-refractivity contribution in [1.29, 1.82) is 0 Å². The normalized spacial score (nSPS) is 13.9. The molecule has 5 rings (SSSR count). The number of carbonyl (C=O) groups is 2. The Morgan fingerprint density at radius 2 is 1.45 bits per heavy atom. The van der Waals surface area contributed by atoms with Gasteiger partial charge in [-0.1, -0.05) is 91.2 Å². The summed E-state index contributed by atoms with van der Waals surface area (Å²) in [5, 5.41) is 3.21.